The second-order valence-electron chi connectivity index (χ2n) is 8.02. The molecule has 3 aromatic rings. The van der Waals surface area contributed by atoms with Gasteiger partial charge in [0.2, 0.25) is 5.89 Å². The third kappa shape index (κ3) is 4.59. The minimum atomic E-state index is -6.37. The number of halogens is 9. The molecule has 17 heteroatoms. The molecule has 1 aliphatic rings. The Balaban J connectivity index is 1.77. The van der Waals surface area contributed by atoms with Crippen LogP contribution in [0, 0.1) is 11.3 Å². The normalized spacial score (nSPS) is 15.4. The number of aromatic nitrogens is 4. The van der Waals surface area contributed by atoms with E-state index in [4.69, 9.17) is 21.3 Å². The molecular weight excluding hydrogens is 544 g/mol. The maximum absolute atomic E-state index is 13.9. The first-order valence-electron chi connectivity index (χ1n) is 9.97. The molecule has 2 heterocycles. The van der Waals surface area contributed by atoms with E-state index in [1.807, 2.05) is 6.07 Å². The first kappa shape index (κ1) is 26.3. The Kier molecular flexibility index (Phi) is 5.98. The van der Waals surface area contributed by atoms with Gasteiger partial charge >= 0.3 is 18.3 Å². The van der Waals surface area contributed by atoms with Gasteiger partial charge in [-0.15, -0.1) is 10.2 Å². The molecule has 8 nitrogen and oxygen atoms in total. The van der Waals surface area contributed by atoms with Crippen LogP contribution in [-0.2, 0) is 19.1 Å². The second-order valence-corrected chi connectivity index (χ2v) is 8.43. The lowest BCUT2D eigenvalue weighted by atomic mass is 10.1. The van der Waals surface area contributed by atoms with Gasteiger partial charge in [-0.1, -0.05) is 11.6 Å². The molecule has 0 unspecified atom stereocenters. The Labute approximate surface area is 205 Å². The summed E-state index contributed by atoms with van der Waals surface area (Å²) in [7, 11) is 0.693. The monoisotopic (exact) mass is 554 g/mol. The Morgan fingerprint density at radius 1 is 1.14 bits per heavy atom. The quantitative estimate of drug-likeness (QED) is 0.432. The minimum Gasteiger partial charge on any atom is -0.415 e. The van der Waals surface area contributed by atoms with E-state index in [1.165, 1.54) is 12.1 Å². The lowest BCUT2D eigenvalue weighted by Crippen LogP contribution is -2.36. The predicted octanol–water partition coefficient (Wildman–Crippen LogP) is 5.25. The number of hydrogen-bond donors (Lipinski definition) is 1. The maximum Gasteiger partial charge on any atom is 0.459 e. The van der Waals surface area contributed by atoms with Crippen molar-refractivity contribution in [2.24, 2.45) is 7.05 Å². The molecule has 1 amide bonds. The molecule has 2 aromatic heterocycles. The molecule has 4 rings (SSSR count). The average molecular weight is 555 g/mol. The van der Waals surface area contributed by atoms with E-state index in [-0.39, 0.29) is 20.8 Å². The van der Waals surface area contributed by atoms with Crippen molar-refractivity contribution in [3.63, 3.8) is 0 Å². The van der Waals surface area contributed by atoms with E-state index in [9.17, 15) is 39.9 Å². The molecule has 0 saturated heterocycles. The van der Waals surface area contributed by atoms with Gasteiger partial charge in [-0.2, -0.15) is 45.5 Å². The first-order valence-corrected chi connectivity index (χ1v) is 10.4. The zero-order valence-electron chi connectivity index (χ0n) is 18.1. The number of alkyl halides is 8. The van der Waals surface area contributed by atoms with Crippen LogP contribution in [-0.4, -0.2) is 37.6 Å². The van der Waals surface area contributed by atoms with Crippen molar-refractivity contribution in [3.8, 4) is 29.1 Å². The average Bonchev–Trinajstić information content (AvgIpc) is 3.21. The number of nitriles is 1. The summed E-state index contributed by atoms with van der Waals surface area (Å²) in [5, 5.41) is 21.2. The van der Waals surface area contributed by atoms with E-state index >= 15 is 0 Å². The fourth-order valence-electron chi connectivity index (χ4n) is 3.33. The minimum absolute atomic E-state index is 0.0494. The smallest absolute Gasteiger partial charge is 0.415 e. The van der Waals surface area contributed by atoms with E-state index in [0.29, 0.717) is 19.9 Å². The summed E-state index contributed by atoms with van der Waals surface area (Å²) in [6, 6.07) is 5.53. The first-order chi connectivity index (χ1) is 17.0. The Hall–Kier alpha value is -3.74. The fraction of sp³-hybridized carbons (Fsp3) is 0.350. The number of amides is 1. The summed E-state index contributed by atoms with van der Waals surface area (Å²) in [6.45, 7) is 0. The number of nitrogens with one attached hydrogen (secondary N) is 1. The summed E-state index contributed by atoms with van der Waals surface area (Å²) in [6.07, 6.45) is -11.3. The Morgan fingerprint density at radius 3 is 2.30 bits per heavy atom. The number of benzene rings is 1. The molecular formula is C20H11ClF8N6O2. The lowest BCUT2D eigenvalue weighted by molar-refractivity contribution is -0.292. The van der Waals surface area contributed by atoms with Crippen LogP contribution in [0.25, 0.3) is 23.0 Å². The van der Waals surface area contributed by atoms with E-state index < -0.39 is 58.5 Å². The molecule has 0 radical (unpaired) electrons. The van der Waals surface area contributed by atoms with Crippen LogP contribution < -0.4 is 5.32 Å². The molecule has 0 aliphatic heterocycles. The summed E-state index contributed by atoms with van der Waals surface area (Å²) >= 11 is 6.04. The van der Waals surface area contributed by atoms with Gasteiger partial charge in [0.05, 0.1) is 16.7 Å². The highest BCUT2D eigenvalue weighted by molar-refractivity contribution is 6.34. The molecule has 1 fully saturated rings. The van der Waals surface area contributed by atoms with Crippen molar-refractivity contribution in [2.45, 2.75) is 36.7 Å². The Bertz CT molecular complexity index is 1430. The highest BCUT2D eigenvalue weighted by Gasteiger charge is 2.64. The topological polar surface area (TPSA) is 110 Å². The van der Waals surface area contributed by atoms with Crippen LogP contribution in [0.1, 0.15) is 34.5 Å². The van der Waals surface area contributed by atoms with E-state index in [2.05, 4.69) is 20.6 Å². The standard InChI is InChI=1S/C20H11ClF8N6O2/c1-35-12(11(19(24,25)26)13(34-35)18(22,23)20(27,28)29)16-33-32-15(37-16)8-2-3-10(21)9(6-8)14(36)31-17(7-30)4-5-17/h2-3,6H,4-5H2,1H3,(H,31,36). The number of aryl methyl sites for hydroxylation is 1. The summed E-state index contributed by atoms with van der Waals surface area (Å²) in [5.74, 6) is -8.27. The highest BCUT2D eigenvalue weighted by Crippen LogP contribution is 2.50. The van der Waals surface area contributed by atoms with E-state index in [0.717, 1.165) is 6.07 Å². The molecule has 0 atom stereocenters. The predicted molar refractivity (Wildman–Crippen MR) is 107 cm³/mol. The summed E-state index contributed by atoms with van der Waals surface area (Å²) in [4.78, 5) is 12.6. The zero-order chi connectivity index (χ0) is 27.6. The number of carbonyl (C=O) groups is 1. The third-order valence-electron chi connectivity index (χ3n) is 5.39. The summed E-state index contributed by atoms with van der Waals surface area (Å²) < 4.78 is 113. The number of nitrogens with zero attached hydrogens (tertiary/aromatic N) is 5. The van der Waals surface area contributed by atoms with Crippen LogP contribution in [0.15, 0.2) is 22.6 Å². The van der Waals surface area contributed by atoms with Crippen LogP contribution in [0.3, 0.4) is 0 Å². The van der Waals surface area contributed by atoms with E-state index in [1.54, 1.807) is 0 Å². The molecule has 0 bridgehead atoms. The van der Waals surface area contributed by atoms with Crippen molar-refractivity contribution in [1.29, 1.82) is 5.26 Å². The van der Waals surface area contributed by atoms with Crippen molar-refractivity contribution < 1.29 is 44.3 Å². The van der Waals surface area contributed by atoms with Crippen molar-refractivity contribution in [1.82, 2.24) is 25.3 Å². The van der Waals surface area contributed by atoms with Crippen LogP contribution in [0.5, 0.6) is 0 Å². The number of carbonyl (C=O) groups excluding carboxylic acids is 1. The highest BCUT2D eigenvalue weighted by atomic mass is 35.5. The molecule has 1 saturated carbocycles. The van der Waals surface area contributed by atoms with Gasteiger partial charge < -0.3 is 9.73 Å². The second kappa shape index (κ2) is 8.40. The van der Waals surface area contributed by atoms with Crippen LogP contribution >= 0.6 is 11.6 Å². The molecule has 0 spiro atoms. The van der Waals surface area contributed by atoms with Gasteiger partial charge in [0.1, 0.15) is 16.8 Å². The maximum atomic E-state index is 13.9. The summed E-state index contributed by atoms with van der Waals surface area (Å²) in [5.41, 5.74) is -7.56. The van der Waals surface area contributed by atoms with Gasteiger partial charge in [0, 0.05) is 12.6 Å². The largest absolute Gasteiger partial charge is 0.459 e. The molecule has 1 aliphatic carbocycles. The van der Waals surface area contributed by atoms with Gasteiger partial charge in [0.25, 0.3) is 11.8 Å². The molecule has 196 valence electrons. The lowest BCUT2D eigenvalue weighted by Gasteiger charge is -2.19. The SMILES string of the molecule is Cn1nc(C(F)(F)C(F)(F)F)c(C(F)(F)F)c1-c1nnc(-c2ccc(Cl)c(C(=O)NC3(C#N)CC3)c2)o1. The Morgan fingerprint density at radius 2 is 1.76 bits per heavy atom. The van der Waals surface area contributed by atoms with Crippen molar-refractivity contribution in [2.75, 3.05) is 0 Å². The van der Waals surface area contributed by atoms with Gasteiger partial charge in [0.15, 0.2) is 5.69 Å². The number of hydrogen-bond acceptors (Lipinski definition) is 6. The molecule has 1 N–H and O–H groups in total. The van der Waals surface area contributed by atoms with Crippen LogP contribution in [0.4, 0.5) is 35.1 Å². The fourth-order valence-corrected chi connectivity index (χ4v) is 3.54. The zero-order valence-corrected chi connectivity index (χ0v) is 18.9. The van der Waals surface area contributed by atoms with Crippen LogP contribution in [0.2, 0.25) is 5.02 Å². The third-order valence-corrected chi connectivity index (χ3v) is 5.72. The van der Waals surface area contributed by atoms with Crippen molar-refractivity contribution >= 4 is 17.5 Å². The molecule has 1 aromatic carbocycles. The van der Waals surface area contributed by atoms with Gasteiger partial charge in [-0.25, -0.2) is 0 Å². The van der Waals surface area contributed by atoms with Gasteiger partial charge in [-0.05, 0) is 31.0 Å². The van der Waals surface area contributed by atoms with Gasteiger partial charge in [-0.3, -0.25) is 9.48 Å². The van der Waals surface area contributed by atoms with Crippen molar-refractivity contribution in [3.05, 3.63) is 40.0 Å². The molecule has 37 heavy (non-hydrogen) atoms. The number of rotatable bonds is 5.